The number of furan rings is 1. The fourth-order valence-corrected chi connectivity index (χ4v) is 3.03. The maximum Gasteiger partial charge on any atom is 0.410 e. The van der Waals surface area contributed by atoms with Crippen LogP contribution in [0.15, 0.2) is 16.5 Å². The first-order valence-corrected chi connectivity index (χ1v) is 8.15. The van der Waals surface area contributed by atoms with Gasteiger partial charge in [-0.15, -0.1) is 0 Å². The van der Waals surface area contributed by atoms with Crippen LogP contribution < -0.4 is 0 Å². The normalized spacial score (nSPS) is 19.8. The van der Waals surface area contributed by atoms with Gasteiger partial charge in [-0.3, -0.25) is 14.6 Å². The Morgan fingerprint density at radius 3 is 2.74 bits per heavy atom. The van der Waals surface area contributed by atoms with Gasteiger partial charge in [0.15, 0.2) is 5.22 Å². The summed E-state index contributed by atoms with van der Waals surface area (Å²) in [6, 6.07) is 3.61. The van der Waals surface area contributed by atoms with Gasteiger partial charge in [-0.05, 0) is 30.2 Å². The number of rotatable bonds is 4. The number of amides is 2. The predicted molar refractivity (Wildman–Crippen MR) is 83.1 cm³/mol. The van der Waals surface area contributed by atoms with Crippen molar-refractivity contribution in [3.63, 3.8) is 0 Å². The van der Waals surface area contributed by atoms with Crippen LogP contribution in [0, 0.1) is 0 Å². The van der Waals surface area contributed by atoms with Gasteiger partial charge in [0.1, 0.15) is 18.9 Å². The van der Waals surface area contributed by atoms with E-state index in [4.69, 9.17) is 20.8 Å². The van der Waals surface area contributed by atoms with Gasteiger partial charge in [0.25, 0.3) is 0 Å². The number of carbonyl (C=O) groups excluding carboxylic acids is 2. The Bertz CT molecular complexity index is 577. The van der Waals surface area contributed by atoms with Crippen LogP contribution >= 0.6 is 11.6 Å². The van der Waals surface area contributed by atoms with E-state index in [1.54, 1.807) is 6.07 Å². The lowest BCUT2D eigenvalue weighted by atomic mass is 10.3. The largest absolute Gasteiger partial charge is 0.448 e. The predicted octanol–water partition coefficient (Wildman–Crippen LogP) is 1.42. The van der Waals surface area contributed by atoms with Crippen molar-refractivity contribution >= 4 is 23.6 Å². The van der Waals surface area contributed by atoms with Crippen molar-refractivity contribution in [2.75, 3.05) is 45.9 Å². The van der Waals surface area contributed by atoms with Crippen molar-refractivity contribution in [3.05, 3.63) is 23.1 Å². The molecule has 0 N–H and O–H groups in total. The number of nitrogens with zero attached hydrogens (tertiary/aromatic N) is 3. The van der Waals surface area contributed by atoms with E-state index in [0.29, 0.717) is 38.0 Å². The Morgan fingerprint density at radius 2 is 2.04 bits per heavy atom. The van der Waals surface area contributed by atoms with Crippen LogP contribution in [0.3, 0.4) is 0 Å². The molecule has 2 aliphatic rings. The molecule has 0 unspecified atom stereocenters. The van der Waals surface area contributed by atoms with Gasteiger partial charge in [0.2, 0.25) is 5.91 Å². The molecule has 3 heterocycles. The van der Waals surface area contributed by atoms with Gasteiger partial charge in [-0.25, -0.2) is 4.79 Å². The second-order valence-electron chi connectivity index (χ2n) is 5.75. The molecule has 2 aliphatic heterocycles. The summed E-state index contributed by atoms with van der Waals surface area (Å²) in [7, 11) is 0. The number of halogens is 1. The number of hydrogen-bond donors (Lipinski definition) is 0. The number of carbonyl (C=O) groups is 2. The van der Waals surface area contributed by atoms with Gasteiger partial charge in [0.05, 0.1) is 13.1 Å². The third-order valence-corrected chi connectivity index (χ3v) is 4.32. The highest BCUT2D eigenvalue weighted by Crippen LogP contribution is 2.16. The smallest absolute Gasteiger partial charge is 0.410 e. The van der Waals surface area contributed by atoms with Crippen LogP contribution in [0.5, 0.6) is 0 Å². The molecule has 1 aromatic heterocycles. The van der Waals surface area contributed by atoms with Crippen molar-refractivity contribution in [3.8, 4) is 0 Å². The Labute approximate surface area is 139 Å². The van der Waals surface area contributed by atoms with Crippen LogP contribution in [0.2, 0.25) is 5.22 Å². The average Bonchev–Trinajstić information content (AvgIpc) is 3.02. The van der Waals surface area contributed by atoms with Gasteiger partial charge in [0, 0.05) is 26.2 Å². The van der Waals surface area contributed by atoms with E-state index in [-0.39, 0.29) is 12.5 Å². The number of ether oxygens (including phenoxy) is 1. The first-order chi connectivity index (χ1) is 11.1. The number of hydrogen-bond acceptors (Lipinski definition) is 5. The van der Waals surface area contributed by atoms with Gasteiger partial charge in [-0.2, -0.15) is 0 Å². The highest BCUT2D eigenvalue weighted by Gasteiger charge is 2.27. The summed E-state index contributed by atoms with van der Waals surface area (Å²) in [6.07, 6.45) is 0.495. The molecule has 1 aromatic rings. The molecule has 0 radical (unpaired) electrons. The van der Waals surface area contributed by atoms with Gasteiger partial charge >= 0.3 is 6.09 Å². The Hall–Kier alpha value is -1.73. The van der Waals surface area contributed by atoms with Crippen molar-refractivity contribution in [2.24, 2.45) is 0 Å². The van der Waals surface area contributed by atoms with Crippen molar-refractivity contribution in [1.29, 1.82) is 0 Å². The summed E-state index contributed by atoms with van der Waals surface area (Å²) in [5, 5.41) is 0.393. The first kappa shape index (κ1) is 16.1. The zero-order valence-electron chi connectivity index (χ0n) is 12.9. The summed E-state index contributed by atoms with van der Waals surface area (Å²) in [4.78, 5) is 29.3. The minimum Gasteiger partial charge on any atom is -0.448 e. The van der Waals surface area contributed by atoms with Crippen LogP contribution in [-0.4, -0.2) is 72.6 Å². The molecule has 2 amide bonds. The van der Waals surface area contributed by atoms with Crippen molar-refractivity contribution in [2.45, 2.75) is 13.0 Å². The monoisotopic (exact) mass is 341 g/mol. The third kappa shape index (κ3) is 4.17. The maximum absolute atomic E-state index is 12.3. The van der Waals surface area contributed by atoms with E-state index < -0.39 is 6.09 Å². The maximum atomic E-state index is 12.3. The standard InChI is InChI=1S/C15H20ClN3O4/c16-13-3-2-12(23-13)10-17-4-1-5-18(7-6-17)14(20)11-19-8-9-22-15(19)21/h2-3H,1,4-11H2. The first-order valence-electron chi connectivity index (χ1n) is 7.78. The lowest BCUT2D eigenvalue weighted by molar-refractivity contribution is -0.131. The molecule has 3 rings (SSSR count). The molecule has 23 heavy (non-hydrogen) atoms. The Morgan fingerprint density at radius 1 is 1.17 bits per heavy atom. The fourth-order valence-electron chi connectivity index (χ4n) is 2.87. The van der Waals surface area contributed by atoms with E-state index in [9.17, 15) is 9.59 Å². The molecule has 0 atom stereocenters. The minimum atomic E-state index is -0.399. The van der Waals surface area contributed by atoms with E-state index in [2.05, 4.69) is 4.90 Å². The molecule has 2 fully saturated rings. The average molecular weight is 342 g/mol. The molecule has 0 saturated carbocycles. The van der Waals surface area contributed by atoms with Crippen LogP contribution in [-0.2, 0) is 16.1 Å². The van der Waals surface area contributed by atoms with Crippen LogP contribution in [0.4, 0.5) is 4.79 Å². The van der Waals surface area contributed by atoms with Crippen molar-refractivity contribution < 1.29 is 18.7 Å². The quantitative estimate of drug-likeness (QED) is 0.828. The summed E-state index contributed by atoms with van der Waals surface area (Å²) >= 11 is 5.79. The van der Waals surface area contributed by atoms with Crippen LogP contribution in [0.25, 0.3) is 0 Å². The Kier molecular flexibility index (Phi) is 5.07. The van der Waals surface area contributed by atoms with E-state index in [1.165, 1.54) is 4.90 Å². The van der Waals surface area contributed by atoms with Gasteiger partial charge < -0.3 is 14.1 Å². The minimum absolute atomic E-state index is 0.0215. The van der Waals surface area contributed by atoms with Crippen LogP contribution in [0.1, 0.15) is 12.2 Å². The molecule has 0 bridgehead atoms. The second kappa shape index (κ2) is 7.23. The molecule has 2 saturated heterocycles. The lowest BCUT2D eigenvalue weighted by Crippen LogP contribution is -2.42. The second-order valence-corrected chi connectivity index (χ2v) is 6.12. The van der Waals surface area contributed by atoms with Crippen molar-refractivity contribution in [1.82, 2.24) is 14.7 Å². The zero-order chi connectivity index (χ0) is 16.2. The zero-order valence-corrected chi connectivity index (χ0v) is 13.6. The molecular weight excluding hydrogens is 322 g/mol. The highest BCUT2D eigenvalue weighted by atomic mass is 35.5. The van der Waals surface area contributed by atoms with Gasteiger partial charge in [-0.1, -0.05) is 0 Å². The molecule has 0 spiro atoms. The summed E-state index contributed by atoms with van der Waals surface area (Å²) in [5.74, 6) is 0.807. The number of cyclic esters (lactones) is 1. The molecule has 8 heteroatoms. The molecule has 126 valence electrons. The third-order valence-electron chi connectivity index (χ3n) is 4.12. The topological polar surface area (TPSA) is 66.2 Å². The lowest BCUT2D eigenvalue weighted by Gasteiger charge is -2.23. The Balaban J connectivity index is 1.49. The van der Waals surface area contributed by atoms with E-state index in [0.717, 1.165) is 25.3 Å². The van der Waals surface area contributed by atoms with E-state index in [1.807, 2.05) is 11.0 Å². The summed E-state index contributed by atoms with van der Waals surface area (Å²) < 4.78 is 10.2. The molecule has 0 aliphatic carbocycles. The summed E-state index contributed by atoms with van der Waals surface area (Å²) in [6.45, 7) is 4.67. The highest BCUT2D eigenvalue weighted by molar-refractivity contribution is 6.28. The summed E-state index contributed by atoms with van der Waals surface area (Å²) in [5.41, 5.74) is 0. The molecular formula is C15H20ClN3O4. The SMILES string of the molecule is O=C(CN1CCOC1=O)N1CCCN(Cc2ccc(Cl)o2)CC1. The molecule has 7 nitrogen and oxygen atoms in total. The van der Waals surface area contributed by atoms with E-state index >= 15 is 0 Å². The molecule has 0 aromatic carbocycles. The fraction of sp³-hybridized carbons (Fsp3) is 0.600.